The maximum atomic E-state index is 11.7. The largest absolute Gasteiger partial charge is 0.354 e. The molecule has 0 aliphatic rings. The lowest BCUT2D eigenvalue weighted by molar-refractivity contribution is -0.121. The van der Waals surface area contributed by atoms with Crippen molar-refractivity contribution in [2.24, 2.45) is 0 Å². The molecule has 0 radical (unpaired) electrons. The molecule has 1 aromatic carbocycles. The Balaban J connectivity index is 2.40. The number of halogens is 2. The number of carbonyl (C=O) groups is 1. The highest BCUT2D eigenvalue weighted by Crippen LogP contribution is 2.26. The van der Waals surface area contributed by atoms with Gasteiger partial charge in [0.1, 0.15) is 0 Å². The minimum absolute atomic E-state index is 0.105. The molecule has 0 aliphatic heterocycles. The number of hydrogen-bond acceptors (Lipinski definition) is 2. The van der Waals surface area contributed by atoms with E-state index >= 15 is 0 Å². The summed E-state index contributed by atoms with van der Waals surface area (Å²) in [6, 6.07) is 6.58. The van der Waals surface area contributed by atoms with Gasteiger partial charge in [-0.05, 0) is 38.0 Å². The van der Waals surface area contributed by atoms with Crippen LogP contribution in [0.2, 0.25) is 0 Å². The molecule has 112 valence electrons. The van der Waals surface area contributed by atoms with Gasteiger partial charge < -0.3 is 10.6 Å². The van der Waals surface area contributed by atoms with Gasteiger partial charge in [-0.2, -0.15) is 0 Å². The Morgan fingerprint density at radius 1 is 1.30 bits per heavy atom. The monoisotopic (exact) mass is 404 g/mol. The SMILES string of the molecule is CCC(C)NC(=O)CCNC(C)c1ccc(Br)cc1Br. The van der Waals surface area contributed by atoms with E-state index in [0.29, 0.717) is 13.0 Å². The van der Waals surface area contributed by atoms with E-state index in [1.54, 1.807) is 0 Å². The Bertz CT molecular complexity index is 451. The zero-order chi connectivity index (χ0) is 15.1. The summed E-state index contributed by atoms with van der Waals surface area (Å²) in [5.74, 6) is 0.105. The molecule has 0 aromatic heterocycles. The lowest BCUT2D eigenvalue weighted by Gasteiger charge is -2.17. The Labute approximate surface area is 138 Å². The predicted octanol–water partition coefficient (Wildman–Crippen LogP) is 4.17. The van der Waals surface area contributed by atoms with Crippen molar-refractivity contribution in [2.45, 2.75) is 45.7 Å². The molecule has 0 heterocycles. The molecule has 20 heavy (non-hydrogen) atoms. The Morgan fingerprint density at radius 2 is 2.00 bits per heavy atom. The average Bonchev–Trinajstić information content (AvgIpc) is 2.38. The summed E-state index contributed by atoms with van der Waals surface area (Å²) < 4.78 is 2.11. The van der Waals surface area contributed by atoms with Crippen LogP contribution in [0.25, 0.3) is 0 Å². The highest BCUT2D eigenvalue weighted by atomic mass is 79.9. The van der Waals surface area contributed by atoms with Crippen molar-refractivity contribution in [1.82, 2.24) is 10.6 Å². The molecule has 1 amide bonds. The highest BCUT2D eigenvalue weighted by Gasteiger charge is 2.10. The average molecular weight is 406 g/mol. The zero-order valence-corrected chi connectivity index (χ0v) is 15.3. The van der Waals surface area contributed by atoms with Gasteiger partial charge in [0.25, 0.3) is 0 Å². The molecular weight excluding hydrogens is 384 g/mol. The summed E-state index contributed by atoms with van der Waals surface area (Å²) in [4.78, 5) is 11.7. The zero-order valence-electron chi connectivity index (χ0n) is 12.2. The number of rotatable bonds is 7. The number of nitrogens with one attached hydrogen (secondary N) is 2. The van der Waals surface area contributed by atoms with Crippen molar-refractivity contribution in [2.75, 3.05) is 6.54 Å². The van der Waals surface area contributed by atoms with Gasteiger partial charge in [-0.3, -0.25) is 4.79 Å². The van der Waals surface area contributed by atoms with Crippen LogP contribution in [0.4, 0.5) is 0 Å². The molecular formula is C15H22Br2N2O. The van der Waals surface area contributed by atoms with Gasteiger partial charge in [-0.25, -0.2) is 0 Å². The van der Waals surface area contributed by atoms with Crippen LogP contribution >= 0.6 is 31.9 Å². The molecule has 1 aromatic rings. The summed E-state index contributed by atoms with van der Waals surface area (Å²) >= 11 is 7.00. The van der Waals surface area contributed by atoms with Crippen molar-refractivity contribution in [1.29, 1.82) is 0 Å². The van der Waals surface area contributed by atoms with Crippen molar-refractivity contribution >= 4 is 37.8 Å². The van der Waals surface area contributed by atoms with Crippen LogP contribution in [0.3, 0.4) is 0 Å². The van der Waals surface area contributed by atoms with Crippen molar-refractivity contribution in [3.63, 3.8) is 0 Å². The van der Waals surface area contributed by atoms with Crippen LogP contribution in [-0.4, -0.2) is 18.5 Å². The van der Waals surface area contributed by atoms with E-state index < -0.39 is 0 Å². The van der Waals surface area contributed by atoms with Crippen LogP contribution in [0.1, 0.15) is 45.2 Å². The second-order valence-corrected chi connectivity index (χ2v) is 6.74. The second kappa shape index (κ2) is 8.80. The van der Waals surface area contributed by atoms with Crippen molar-refractivity contribution in [3.05, 3.63) is 32.7 Å². The van der Waals surface area contributed by atoms with Crippen molar-refractivity contribution in [3.8, 4) is 0 Å². The molecule has 3 nitrogen and oxygen atoms in total. The Hall–Kier alpha value is -0.390. The van der Waals surface area contributed by atoms with E-state index in [9.17, 15) is 4.79 Å². The fourth-order valence-corrected chi connectivity index (χ4v) is 3.20. The lowest BCUT2D eigenvalue weighted by Crippen LogP contribution is -2.34. The van der Waals surface area contributed by atoms with Crippen molar-refractivity contribution < 1.29 is 4.79 Å². The first-order valence-electron chi connectivity index (χ1n) is 6.91. The number of carbonyl (C=O) groups excluding carboxylic acids is 1. The minimum atomic E-state index is 0.105. The number of benzene rings is 1. The predicted molar refractivity (Wildman–Crippen MR) is 90.8 cm³/mol. The lowest BCUT2D eigenvalue weighted by atomic mass is 10.1. The maximum Gasteiger partial charge on any atom is 0.221 e. The molecule has 0 spiro atoms. The molecule has 0 saturated carbocycles. The number of amides is 1. The summed E-state index contributed by atoms with van der Waals surface area (Å²) in [5, 5.41) is 6.34. The standard InChI is InChI=1S/C15H22Br2N2O/c1-4-10(2)19-15(20)7-8-18-11(3)13-6-5-12(16)9-14(13)17/h5-6,9-11,18H,4,7-8H2,1-3H3,(H,19,20). The Morgan fingerprint density at radius 3 is 2.60 bits per heavy atom. The topological polar surface area (TPSA) is 41.1 Å². The van der Waals surface area contributed by atoms with Crippen LogP contribution < -0.4 is 10.6 Å². The van der Waals surface area contributed by atoms with E-state index in [-0.39, 0.29) is 18.0 Å². The molecule has 0 saturated heterocycles. The van der Waals surface area contributed by atoms with Gasteiger partial charge in [-0.15, -0.1) is 0 Å². The molecule has 0 aliphatic carbocycles. The fourth-order valence-electron chi connectivity index (χ4n) is 1.81. The van der Waals surface area contributed by atoms with E-state index in [1.807, 2.05) is 19.1 Å². The molecule has 0 fully saturated rings. The summed E-state index contributed by atoms with van der Waals surface area (Å²) in [5.41, 5.74) is 1.19. The van der Waals surface area contributed by atoms with E-state index in [0.717, 1.165) is 15.4 Å². The van der Waals surface area contributed by atoms with Crippen LogP contribution in [0, 0.1) is 0 Å². The van der Waals surface area contributed by atoms with Gasteiger partial charge >= 0.3 is 0 Å². The number of hydrogen-bond donors (Lipinski definition) is 2. The summed E-state index contributed by atoms with van der Waals surface area (Å²) in [6.07, 6.45) is 1.46. The molecule has 1 rings (SSSR count). The van der Waals surface area contributed by atoms with Crippen LogP contribution in [-0.2, 0) is 4.79 Å². The first kappa shape index (κ1) is 17.7. The van der Waals surface area contributed by atoms with Gasteiger partial charge in [0.15, 0.2) is 0 Å². The van der Waals surface area contributed by atoms with E-state index in [1.165, 1.54) is 5.56 Å². The second-order valence-electron chi connectivity index (χ2n) is 4.97. The van der Waals surface area contributed by atoms with Gasteiger partial charge in [0, 0.05) is 34.0 Å². The molecule has 2 atom stereocenters. The fraction of sp³-hybridized carbons (Fsp3) is 0.533. The third-order valence-electron chi connectivity index (χ3n) is 3.25. The first-order chi connectivity index (χ1) is 9.43. The quantitative estimate of drug-likeness (QED) is 0.714. The smallest absolute Gasteiger partial charge is 0.221 e. The highest BCUT2D eigenvalue weighted by molar-refractivity contribution is 9.11. The molecule has 0 bridgehead atoms. The van der Waals surface area contributed by atoms with Crippen LogP contribution in [0.5, 0.6) is 0 Å². The molecule has 2 unspecified atom stereocenters. The third kappa shape index (κ3) is 5.94. The van der Waals surface area contributed by atoms with Crippen LogP contribution in [0.15, 0.2) is 27.1 Å². The van der Waals surface area contributed by atoms with Gasteiger partial charge in [-0.1, -0.05) is 44.8 Å². The van der Waals surface area contributed by atoms with Gasteiger partial charge in [0.2, 0.25) is 5.91 Å². The maximum absolute atomic E-state index is 11.7. The van der Waals surface area contributed by atoms with Gasteiger partial charge in [0.05, 0.1) is 0 Å². The third-order valence-corrected chi connectivity index (χ3v) is 4.43. The normalized spacial score (nSPS) is 13.8. The first-order valence-corrected chi connectivity index (χ1v) is 8.50. The van der Waals surface area contributed by atoms with E-state index in [2.05, 4.69) is 62.4 Å². The Kier molecular flexibility index (Phi) is 7.77. The summed E-state index contributed by atoms with van der Waals surface area (Å²) in [6.45, 7) is 6.86. The van der Waals surface area contributed by atoms with E-state index in [4.69, 9.17) is 0 Å². The summed E-state index contributed by atoms with van der Waals surface area (Å²) in [7, 11) is 0. The molecule has 5 heteroatoms. The molecule has 2 N–H and O–H groups in total. The minimum Gasteiger partial charge on any atom is -0.354 e.